The second kappa shape index (κ2) is 10.2. The Hall–Kier alpha value is -3.75. The Kier molecular flexibility index (Phi) is 7.57. The van der Waals surface area contributed by atoms with Crippen molar-refractivity contribution in [2.24, 2.45) is 15.9 Å². The third kappa shape index (κ3) is 6.44. The number of nitrogens with one attached hydrogen (secondary N) is 3. The number of alkyl halides is 3. The monoisotopic (exact) mass is 512 g/mol. The summed E-state index contributed by atoms with van der Waals surface area (Å²) in [5.41, 5.74) is 0.993. The molecule has 1 aromatic heterocycles. The third-order valence-corrected chi connectivity index (χ3v) is 6.16. The lowest BCUT2D eigenvalue weighted by Crippen LogP contribution is -2.44. The highest BCUT2D eigenvalue weighted by atomic mass is 32.2. The van der Waals surface area contributed by atoms with Gasteiger partial charge in [-0.05, 0) is 24.3 Å². The number of hydrogen-bond acceptors (Lipinski definition) is 9. The van der Waals surface area contributed by atoms with Crippen LogP contribution in [0.2, 0.25) is 0 Å². The number of hydrogen-bond donors (Lipinski definition) is 3. The van der Waals surface area contributed by atoms with Gasteiger partial charge in [0, 0.05) is 37.7 Å². The quantitative estimate of drug-likeness (QED) is 0.531. The minimum atomic E-state index is -4.62. The van der Waals surface area contributed by atoms with Crippen molar-refractivity contribution in [1.29, 1.82) is 0 Å². The van der Waals surface area contributed by atoms with E-state index < -0.39 is 34.5 Å². The van der Waals surface area contributed by atoms with Crippen LogP contribution in [-0.2, 0) is 16.6 Å². The first kappa shape index (κ1) is 25.9. The van der Waals surface area contributed by atoms with Gasteiger partial charge in [0.1, 0.15) is 17.4 Å². The lowest BCUT2D eigenvalue weighted by molar-refractivity contribution is -0.153. The number of anilines is 2. The summed E-state index contributed by atoms with van der Waals surface area (Å²) in [4.78, 5) is 27.6. The highest BCUT2D eigenvalue weighted by Gasteiger charge is 2.44. The maximum absolute atomic E-state index is 13.6. The van der Waals surface area contributed by atoms with Crippen molar-refractivity contribution in [3.05, 3.63) is 47.9 Å². The van der Waals surface area contributed by atoms with Gasteiger partial charge in [-0.25, -0.2) is 18.4 Å². The lowest BCUT2D eigenvalue weighted by atomic mass is 10.1. The van der Waals surface area contributed by atoms with E-state index in [1.807, 2.05) is 0 Å². The zero-order valence-electron chi connectivity index (χ0n) is 19.0. The fraction of sp³-hybridized carbons (Fsp3) is 0.350. The van der Waals surface area contributed by atoms with Gasteiger partial charge in [-0.1, -0.05) is 0 Å². The molecule has 0 saturated carbocycles. The SMILES string of the molecule is CNC(=O)c1ccc(NC2=NCC(C(F)(F)F)C(NCc3nccnc3N(C)S(C)(=O)=O)=N2)cc1. The number of guanidine groups is 1. The number of aromatic nitrogens is 2. The number of amides is 1. The molecule has 1 unspecified atom stereocenters. The van der Waals surface area contributed by atoms with E-state index in [2.05, 4.69) is 35.9 Å². The van der Waals surface area contributed by atoms with Crippen molar-refractivity contribution >= 4 is 39.2 Å². The first-order valence-electron chi connectivity index (χ1n) is 10.2. The van der Waals surface area contributed by atoms with Crippen molar-refractivity contribution in [3.8, 4) is 0 Å². The van der Waals surface area contributed by atoms with Crippen LogP contribution in [0.1, 0.15) is 16.1 Å². The average Bonchev–Trinajstić information content (AvgIpc) is 2.81. The summed E-state index contributed by atoms with van der Waals surface area (Å²) >= 11 is 0. The summed E-state index contributed by atoms with van der Waals surface area (Å²) in [7, 11) is -0.908. The molecule has 3 rings (SSSR count). The Morgan fingerprint density at radius 3 is 2.43 bits per heavy atom. The highest BCUT2D eigenvalue weighted by molar-refractivity contribution is 7.92. The minimum absolute atomic E-state index is 0.0225. The van der Waals surface area contributed by atoms with Crippen LogP contribution in [0.15, 0.2) is 46.6 Å². The Balaban J connectivity index is 1.82. The van der Waals surface area contributed by atoms with E-state index in [-0.39, 0.29) is 29.9 Å². The Morgan fingerprint density at radius 2 is 1.83 bits per heavy atom. The van der Waals surface area contributed by atoms with Crippen molar-refractivity contribution in [1.82, 2.24) is 20.6 Å². The Morgan fingerprint density at radius 1 is 1.17 bits per heavy atom. The molecule has 0 bridgehead atoms. The molecule has 0 radical (unpaired) electrons. The molecule has 0 spiro atoms. The first-order chi connectivity index (χ1) is 16.4. The molecule has 1 aliphatic heterocycles. The standard InChI is InChI=1S/C20H23F3N8O3S/c1-24-18(32)12-4-6-13(7-5-12)29-19-28-10-14(20(21,22)23)16(30-19)27-11-15-17(26-9-8-25-15)31(2)35(3,33)34/h4-9,14H,10-11H2,1-3H3,(H,24,32)(H2,27,28,29,30). The fourth-order valence-corrected chi connectivity index (χ4v) is 3.50. The molecule has 188 valence electrons. The molecular weight excluding hydrogens is 489 g/mol. The number of benzene rings is 1. The smallest absolute Gasteiger partial charge is 0.367 e. The molecular formula is C20H23F3N8O3S. The summed E-state index contributed by atoms with van der Waals surface area (Å²) in [6.45, 7) is -0.868. The number of carbonyl (C=O) groups excluding carboxylic acids is 1. The number of carbonyl (C=O) groups is 1. The number of aliphatic imine (C=N–C) groups is 2. The van der Waals surface area contributed by atoms with Crippen LogP contribution in [0.3, 0.4) is 0 Å². The first-order valence-corrected chi connectivity index (χ1v) is 12.0. The molecule has 11 nitrogen and oxygen atoms in total. The molecule has 0 saturated heterocycles. The van der Waals surface area contributed by atoms with Crippen LogP contribution < -0.4 is 20.3 Å². The van der Waals surface area contributed by atoms with E-state index in [0.29, 0.717) is 11.3 Å². The second-order valence-corrected chi connectivity index (χ2v) is 9.46. The number of amidine groups is 1. The predicted octanol–water partition coefficient (Wildman–Crippen LogP) is 1.38. The van der Waals surface area contributed by atoms with E-state index in [1.54, 1.807) is 24.3 Å². The summed E-state index contributed by atoms with van der Waals surface area (Å²) in [6.07, 6.45) is -1.07. The van der Waals surface area contributed by atoms with Crippen molar-refractivity contribution < 1.29 is 26.4 Å². The van der Waals surface area contributed by atoms with Crippen molar-refractivity contribution in [3.63, 3.8) is 0 Å². The van der Waals surface area contributed by atoms with Crippen LogP contribution in [0.5, 0.6) is 0 Å². The molecule has 1 amide bonds. The normalized spacial score (nSPS) is 16.1. The molecule has 0 aliphatic carbocycles. The molecule has 1 atom stereocenters. The highest BCUT2D eigenvalue weighted by Crippen LogP contribution is 2.29. The van der Waals surface area contributed by atoms with Gasteiger partial charge in [0.25, 0.3) is 5.91 Å². The predicted molar refractivity (Wildman–Crippen MR) is 125 cm³/mol. The molecule has 35 heavy (non-hydrogen) atoms. The Labute approximate surface area is 199 Å². The zero-order valence-corrected chi connectivity index (χ0v) is 19.8. The summed E-state index contributed by atoms with van der Waals surface area (Å²) in [6, 6.07) is 6.22. The van der Waals surface area contributed by atoms with E-state index in [0.717, 1.165) is 10.6 Å². The third-order valence-electron chi connectivity index (χ3n) is 4.99. The topological polar surface area (TPSA) is 141 Å². The number of halogens is 3. The van der Waals surface area contributed by atoms with E-state index >= 15 is 0 Å². The number of sulfonamides is 1. The molecule has 1 aliphatic rings. The zero-order chi connectivity index (χ0) is 25.8. The van der Waals surface area contributed by atoms with Crippen LogP contribution in [-0.4, -0.2) is 69.2 Å². The van der Waals surface area contributed by atoms with Crippen LogP contribution >= 0.6 is 0 Å². The van der Waals surface area contributed by atoms with Gasteiger partial charge in [-0.2, -0.15) is 18.2 Å². The van der Waals surface area contributed by atoms with Gasteiger partial charge >= 0.3 is 6.18 Å². The Bertz CT molecular complexity index is 1250. The molecule has 0 fully saturated rings. The van der Waals surface area contributed by atoms with Crippen LogP contribution in [0.4, 0.5) is 24.7 Å². The summed E-state index contributed by atoms with van der Waals surface area (Å²) in [5, 5.41) is 7.93. The lowest BCUT2D eigenvalue weighted by Gasteiger charge is -2.26. The summed E-state index contributed by atoms with van der Waals surface area (Å²) in [5.74, 6) is -2.76. The fourth-order valence-electron chi connectivity index (χ4n) is 3.04. The van der Waals surface area contributed by atoms with E-state index in [9.17, 15) is 26.4 Å². The van der Waals surface area contributed by atoms with E-state index in [4.69, 9.17) is 0 Å². The second-order valence-electron chi connectivity index (χ2n) is 7.45. The van der Waals surface area contributed by atoms with Gasteiger partial charge in [0.05, 0.1) is 19.3 Å². The molecule has 2 aromatic rings. The van der Waals surface area contributed by atoms with Gasteiger partial charge in [-0.3, -0.25) is 14.1 Å². The van der Waals surface area contributed by atoms with E-state index in [1.165, 1.54) is 26.5 Å². The van der Waals surface area contributed by atoms with Crippen LogP contribution in [0.25, 0.3) is 0 Å². The number of rotatable bonds is 6. The minimum Gasteiger partial charge on any atom is -0.367 e. The molecule has 2 heterocycles. The van der Waals surface area contributed by atoms with Crippen molar-refractivity contribution in [2.45, 2.75) is 12.7 Å². The maximum atomic E-state index is 13.6. The van der Waals surface area contributed by atoms with Gasteiger partial charge in [-0.15, -0.1) is 0 Å². The van der Waals surface area contributed by atoms with Gasteiger partial charge < -0.3 is 16.0 Å². The van der Waals surface area contributed by atoms with Gasteiger partial charge in [0.15, 0.2) is 5.82 Å². The maximum Gasteiger partial charge on any atom is 0.400 e. The van der Waals surface area contributed by atoms with Crippen molar-refractivity contribution in [2.75, 3.05) is 36.5 Å². The largest absolute Gasteiger partial charge is 0.400 e. The van der Waals surface area contributed by atoms with Crippen LogP contribution in [0, 0.1) is 5.92 Å². The molecule has 1 aromatic carbocycles. The summed E-state index contributed by atoms with van der Waals surface area (Å²) < 4.78 is 65.5. The molecule has 3 N–H and O–H groups in total. The van der Waals surface area contributed by atoms with Gasteiger partial charge in [0.2, 0.25) is 16.0 Å². The number of nitrogens with zero attached hydrogens (tertiary/aromatic N) is 5. The average molecular weight is 513 g/mol. The molecule has 15 heteroatoms.